The van der Waals surface area contributed by atoms with Crippen molar-refractivity contribution in [3.05, 3.63) is 16.3 Å². The van der Waals surface area contributed by atoms with E-state index in [1.165, 1.54) is 0 Å². The molecule has 64 valence electrons. The summed E-state index contributed by atoms with van der Waals surface area (Å²) in [4.78, 5) is 11.2. The van der Waals surface area contributed by atoms with Gasteiger partial charge in [0.2, 0.25) is 0 Å². The molecule has 2 bridgehead atoms. The van der Waals surface area contributed by atoms with E-state index in [-0.39, 0.29) is 5.69 Å². The van der Waals surface area contributed by atoms with Crippen LogP contribution in [0, 0.1) is 0 Å². The predicted molar refractivity (Wildman–Crippen MR) is 42.0 cm³/mol. The smallest absolute Gasteiger partial charge is 0.311 e. The second-order valence-corrected chi connectivity index (χ2v) is 3.54. The SMILES string of the molecule is O=c1[nH]nc2n1C[C@H]1C[C@@H]2CN1. The Morgan fingerprint density at radius 3 is 3.42 bits per heavy atom. The molecule has 0 aliphatic carbocycles. The largest absolute Gasteiger partial charge is 0.343 e. The van der Waals surface area contributed by atoms with Crippen LogP contribution in [-0.4, -0.2) is 27.4 Å². The van der Waals surface area contributed by atoms with Gasteiger partial charge in [0.1, 0.15) is 5.82 Å². The Labute approximate surface area is 68.8 Å². The standard InChI is InChI=1S/C7H10N4O/c12-7-10-9-6-4-1-5(8-2-4)3-11(6)7/h4-5,8H,1-3H2,(H,10,12)/t4-,5-/m1/s1. The van der Waals surface area contributed by atoms with Crippen LogP contribution in [0.15, 0.2) is 4.79 Å². The van der Waals surface area contributed by atoms with Crippen LogP contribution in [0.1, 0.15) is 18.2 Å². The maximum atomic E-state index is 11.2. The summed E-state index contributed by atoms with van der Waals surface area (Å²) in [5.74, 6) is 1.38. The van der Waals surface area contributed by atoms with Crippen LogP contribution in [0.4, 0.5) is 0 Å². The van der Waals surface area contributed by atoms with Gasteiger partial charge in [-0.1, -0.05) is 0 Å². The molecule has 5 nitrogen and oxygen atoms in total. The molecule has 0 unspecified atom stereocenters. The molecule has 1 aromatic heterocycles. The first kappa shape index (κ1) is 6.42. The lowest BCUT2D eigenvalue weighted by atomic mass is 10.0. The average molecular weight is 166 g/mol. The van der Waals surface area contributed by atoms with Gasteiger partial charge in [-0.3, -0.25) is 4.57 Å². The molecule has 0 saturated carbocycles. The van der Waals surface area contributed by atoms with Crippen molar-refractivity contribution in [2.24, 2.45) is 0 Å². The zero-order valence-electron chi connectivity index (χ0n) is 6.58. The molecule has 3 rings (SSSR count). The fraction of sp³-hybridized carbons (Fsp3) is 0.714. The van der Waals surface area contributed by atoms with Gasteiger partial charge in [0.15, 0.2) is 0 Å². The normalized spacial score (nSPS) is 32.0. The number of aromatic amines is 1. The number of hydrogen-bond acceptors (Lipinski definition) is 3. The van der Waals surface area contributed by atoms with E-state index in [4.69, 9.17) is 0 Å². The third-order valence-electron chi connectivity index (χ3n) is 2.78. The number of H-pyrrole nitrogens is 1. The van der Waals surface area contributed by atoms with E-state index < -0.39 is 0 Å². The van der Waals surface area contributed by atoms with E-state index in [0.29, 0.717) is 12.0 Å². The van der Waals surface area contributed by atoms with Crippen LogP contribution in [-0.2, 0) is 6.54 Å². The van der Waals surface area contributed by atoms with E-state index in [1.54, 1.807) is 4.57 Å². The first-order valence-corrected chi connectivity index (χ1v) is 4.23. The first-order valence-electron chi connectivity index (χ1n) is 4.23. The zero-order chi connectivity index (χ0) is 8.13. The molecule has 3 heterocycles. The minimum Gasteiger partial charge on any atom is -0.311 e. The first-order chi connectivity index (χ1) is 5.84. The van der Waals surface area contributed by atoms with Gasteiger partial charge in [-0.2, -0.15) is 5.10 Å². The quantitative estimate of drug-likeness (QED) is 0.521. The Hall–Kier alpha value is -1.10. The van der Waals surface area contributed by atoms with Crippen LogP contribution in [0.2, 0.25) is 0 Å². The molecule has 0 amide bonds. The van der Waals surface area contributed by atoms with Crippen molar-refractivity contribution in [2.45, 2.75) is 24.9 Å². The fourth-order valence-corrected chi connectivity index (χ4v) is 2.19. The fourth-order valence-electron chi connectivity index (χ4n) is 2.19. The van der Waals surface area contributed by atoms with E-state index in [0.717, 1.165) is 25.3 Å². The molecule has 1 fully saturated rings. The summed E-state index contributed by atoms with van der Waals surface area (Å²) >= 11 is 0. The molecular formula is C7H10N4O. The topological polar surface area (TPSA) is 62.7 Å². The summed E-state index contributed by atoms with van der Waals surface area (Å²) in [6.07, 6.45) is 1.13. The van der Waals surface area contributed by atoms with Crippen molar-refractivity contribution in [1.82, 2.24) is 20.1 Å². The molecule has 12 heavy (non-hydrogen) atoms. The Bertz CT molecular complexity index is 366. The zero-order valence-corrected chi connectivity index (χ0v) is 6.58. The van der Waals surface area contributed by atoms with Crippen molar-refractivity contribution in [2.75, 3.05) is 6.54 Å². The summed E-state index contributed by atoms with van der Waals surface area (Å²) in [6, 6.07) is 0.484. The maximum Gasteiger partial charge on any atom is 0.343 e. The lowest BCUT2D eigenvalue weighted by Crippen LogP contribution is -2.32. The molecule has 0 radical (unpaired) electrons. The van der Waals surface area contributed by atoms with Gasteiger partial charge in [0.25, 0.3) is 0 Å². The van der Waals surface area contributed by atoms with Crippen LogP contribution in [0.25, 0.3) is 0 Å². The van der Waals surface area contributed by atoms with Crippen molar-refractivity contribution in [3.63, 3.8) is 0 Å². The molecule has 2 atom stereocenters. The maximum absolute atomic E-state index is 11.2. The lowest BCUT2D eigenvalue weighted by molar-refractivity contribution is 0.448. The monoisotopic (exact) mass is 166 g/mol. The second-order valence-electron chi connectivity index (χ2n) is 3.54. The van der Waals surface area contributed by atoms with E-state index in [9.17, 15) is 4.79 Å². The van der Waals surface area contributed by atoms with Crippen LogP contribution >= 0.6 is 0 Å². The highest BCUT2D eigenvalue weighted by Crippen LogP contribution is 2.28. The Morgan fingerprint density at radius 1 is 1.58 bits per heavy atom. The minimum absolute atomic E-state index is 0.0663. The van der Waals surface area contributed by atoms with E-state index in [1.807, 2.05) is 0 Å². The highest BCUT2D eigenvalue weighted by molar-refractivity contribution is 5.08. The Kier molecular flexibility index (Phi) is 1.06. The Balaban J connectivity index is 2.20. The van der Waals surface area contributed by atoms with Crippen molar-refractivity contribution >= 4 is 0 Å². The van der Waals surface area contributed by atoms with Crippen molar-refractivity contribution in [3.8, 4) is 0 Å². The summed E-state index contributed by atoms with van der Waals surface area (Å²) in [6.45, 7) is 1.75. The molecule has 1 aromatic rings. The number of aromatic nitrogens is 3. The highest BCUT2D eigenvalue weighted by Gasteiger charge is 2.34. The lowest BCUT2D eigenvalue weighted by Gasteiger charge is -2.17. The molecule has 0 spiro atoms. The van der Waals surface area contributed by atoms with Gasteiger partial charge >= 0.3 is 5.69 Å². The van der Waals surface area contributed by atoms with Gasteiger partial charge in [0, 0.05) is 25.0 Å². The number of nitrogens with zero attached hydrogens (tertiary/aromatic N) is 2. The van der Waals surface area contributed by atoms with Crippen molar-refractivity contribution < 1.29 is 0 Å². The number of fused-ring (bicyclic) bond motifs is 4. The van der Waals surface area contributed by atoms with Crippen molar-refractivity contribution in [1.29, 1.82) is 0 Å². The molecule has 2 N–H and O–H groups in total. The average Bonchev–Trinajstić information content (AvgIpc) is 2.61. The van der Waals surface area contributed by atoms with E-state index >= 15 is 0 Å². The van der Waals surface area contributed by atoms with Crippen LogP contribution in [0.3, 0.4) is 0 Å². The number of hydrogen-bond donors (Lipinski definition) is 2. The van der Waals surface area contributed by atoms with Crippen LogP contribution in [0.5, 0.6) is 0 Å². The third kappa shape index (κ3) is 0.665. The molecule has 0 aromatic carbocycles. The summed E-state index contributed by atoms with van der Waals surface area (Å²) in [5.41, 5.74) is -0.0663. The van der Waals surface area contributed by atoms with E-state index in [2.05, 4.69) is 15.5 Å². The van der Waals surface area contributed by atoms with Gasteiger partial charge in [0.05, 0.1) is 0 Å². The molecular weight excluding hydrogens is 156 g/mol. The number of nitrogens with one attached hydrogen (secondary N) is 2. The van der Waals surface area contributed by atoms with Gasteiger partial charge in [-0.25, -0.2) is 9.89 Å². The number of rotatable bonds is 0. The summed E-state index contributed by atoms with van der Waals surface area (Å²) < 4.78 is 1.75. The van der Waals surface area contributed by atoms with Gasteiger partial charge in [-0.05, 0) is 6.42 Å². The molecule has 1 saturated heterocycles. The van der Waals surface area contributed by atoms with Gasteiger partial charge < -0.3 is 5.32 Å². The summed E-state index contributed by atoms with van der Waals surface area (Å²) in [5, 5.41) is 9.88. The van der Waals surface area contributed by atoms with Gasteiger partial charge in [-0.15, -0.1) is 0 Å². The minimum atomic E-state index is -0.0663. The third-order valence-corrected chi connectivity index (χ3v) is 2.78. The highest BCUT2D eigenvalue weighted by atomic mass is 16.1. The summed E-state index contributed by atoms with van der Waals surface area (Å²) in [7, 11) is 0. The molecule has 2 aliphatic heterocycles. The molecule has 5 heteroatoms. The van der Waals surface area contributed by atoms with Crippen LogP contribution < -0.4 is 11.0 Å². The Morgan fingerprint density at radius 2 is 2.50 bits per heavy atom. The molecule has 2 aliphatic rings. The predicted octanol–water partition coefficient (Wildman–Crippen LogP) is -0.970. The second kappa shape index (κ2) is 1.98.